The number of alkyl halides is 3. The van der Waals surface area contributed by atoms with Gasteiger partial charge in [-0.2, -0.15) is 13.2 Å². The lowest BCUT2D eigenvalue weighted by Gasteiger charge is -2.15. The Morgan fingerprint density at radius 1 is 1.02 bits per heavy atom. The zero-order valence-corrected chi connectivity index (χ0v) is 22.4. The van der Waals surface area contributed by atoms with Crippen LogP contribution in [0, 0.1) is 0 Å². The van der Waals surface area contributed by atoms with Crippen molar-refractivity contribution in [1.82, 2.24) is 5.32 Å². The van der Waals surface area contributed by atoms with Gasteiger partial charge in [0.25, 0.3) is 0 Å². The summed E-state index contributed by atoms with van der Waals surface area (Å²) in [5.41, 5.74) is 4.36. The van der Waals surface area contributed by atoms with E-state index in [1.165, 1.54) is 34.2 Å². The first-order valence-electron chi connectivity index (χ1n) is 12.0. The Balaban J connectivity index is 0.000000559. The molecule has 0 saturated heterocycles. The number of halogens is 3. The van der Waals surface area contributed by atoms with Gasteiger partial charge in [0.1, 0.15) is 29.7 Å². The van der Waals surface area contributed by atoms with Crippen molar-refractivity contribution >= 4 is 27.5 Å². The Morgan fingerprint density at radius 2 is 1.65 bits per heavy atom. The maximum atomic E-state index is 13.0. The zero-order valence-electron chi connectivity index (χ0n) is 21.6. The highest BCUT2D eigenvalue weighted by molar-refractivity contribution is 7.90. The number of benzene rings is 3. The van der Waals surface area contributed by atoms with Gasteiger partial charge in [0, 0.05) is 22.9 Å². The van der Waals surface area contributed by atoms with Crippen LogP contribution < -0.4 is 20.6 Å². The summed E-state index contributed by atoms with van der Waals surface area (Å²) in [6, 6.07) is 18.7. The molecular weight excluding hydrogens is 551 g/mol. The van der Waals surface area contributed by atoms with Crippen LogP contribution in [-0.2, 0) is 33.5 Å². The molecule has 0 aromatic heterocycles. The van der Waals surface area contributed by atoms with Gasteiger partial charge in [-0.05, 0) is 36.2 Å². The van der Waals surface area contributed by atoms with Crippen LogP contribution in [-0.4, -0.2) is 38.7 Å². The number of carbonyl (C=O) groups is 2. The minimum atomic E-state index is -5.19. The standard InChI is InChI=1S/C25H27N3O4S.C2HF3O2/c1-17(19-6-4-3-5-7-19)26-25(30)27-22-10-11-24(23(29)13-22)33(31,32)16-18-8-9-20-14-28(2)15-21(20)12-18;3-2(4,5)1(6)7/h3-13,17,29H,14-16H2,1-2H3,(H2,26,27,30);(H,6,7). The highest BCUT2D eigenvalue weighted by atomic mass is 32.2. The van der Waals surface area contributed by atoms with Gasteiger partial charge in [0.15, 0.2) is 9.84 Å². The Kier molecular flexibility index (Phi) is 9.43. The quantitative estimate of drug-likeness (QED) is 0.353. The molecule has 9 nitrogen and oxygen atoms in total. The van der Waals surface area contributed by atoms with E-state index in [1.807, 2.05) is 55.5 Å². The molecule has 0 bridgehead atoms. The summed E-state index contributed by atoms with van der Waals surface area (Å²) in [5, 5.41) is 24.6. The molecule has 1 heterocycles. The maximum Gasteiger partial charge on any atom is 0.430 e. The topological polar surface area (TPSA) is 140 Å². The number of phenols is 1. The van der Waals surface area contributed by atoms with Gasteiger partial charge in [-0.3, -0.25) is 0 Å². The maximum absolute atomic E-state index is 13.0. The van der Waals surface area contributed by atoms with Crippen molar-refractivity contribution in [1.29, 1.82) is 0 Å². The van der Waals surface area contributed by atoms with Crippen LogP contribution in [0.1, 0.15) is 35.2 Å². The molecule has 2 atom stereocenters. The summed E-state index contributed by atoms with van der Waals surface area (Å²) in [6.07, 6.45) is -5.19. The molecule has 0 fully saturated rings. The van der Waals surface area contributed by atoms with E-state index < -0.39 is 33.8 Å². The Morgan fingerprint density at radius 3 is 2.25 bits per heavy atom. The van der Waals surface area contributed by atoms with Gasteiger partial charge in [0.05, 0.1) is 18.8 Å². The van der Waals surface area contributed by atoms with Crippen molar-refractivity contribution in [3.05, 3.63) is 89.0 Å². The molecule has 214 valence electrons. The van der Waals surface area contributed by atoms with Crippen LogP contribution >= 0.6 is 0 Å². The van der Waals surface area contributed by atoms with Crippen LogP contribution in [0.3, 0.4) is 0 Å². The number of aliphatic carboxylic acids is 1. The molecule has 4 rings (SSSR count). The normalized spacial score (nSPS) is 15.3. The molecule has 13 heteroatoms. The molecule has 0 spiro atoms. The zero-order chi connectivity index (χ0) is 29.7. The van der Waals surface area contributed by atoms with Crippen molar-refractivity contribution in [2.24, 2.45) is 0 Å². The number of rotatable bonds is 6. The largest absolute Gasteiger partial charge is 0.542 e. The number of nitrogens with one attached hydrogen (secondary N) is 3. The fraction of sp³-hybridized carbons (Fsp3) is 0.259. The molecule has 4 N–H and O–H groups in total. The summed E-state index contributed by atoms with van der Waals surface area (Å²) < 4.78 is 57.5. The number of urea groups is 1. The van der Waals surface area contributed by atoms with Gasteiger partial charge in [-0.25, -0.2) is 13.2 Å². The molecular formula is C27H28F3N3O6S. The minimum Gasteiger partial charge on any atom is -0.542 e. The van der Waals surface area contributed by atoms with Gasteiger partial charge in [-0.15, -0.1) is 0 Å². The molecule has 0 aliphatic carbocycles. The Hall–Kier alpha value is -4.10. The van der Waals surface area contributed by atoms with Crippen LogP contribution in [0.15, 0.2) is 71.6 Å². The molecule has 1 aliphatic heterocycles. The summed E-state index contributed by atoms with van der Waals surface area (Å²) in [4.78, 5) is 22.3. The summed E-state index contributed by atoms with van der Waals surface area (Å²) >= 11 is 0. The third-order valence-corrected chi connectivity index (χ3v) is 7.77. The van der Waals surface area contributed by atoms with Crippen molar-refractivity contribution < 1.29 is 46.3 Å². The van der Waals surface area contributed by atoms with E-state index in [0.717, 1.165) is 18.7 Å². The van der Waals surface area contributed by atoms with Crippen LogP contribution in [0.2, 0.25) is 0 Å². The fourth-order valence-electron chi connectivity index (χ4n) is 4.16. The number of carbonyl (C=O) groups excluding carboxylic acids is 2. The lowest BCUT2D eigenvalue weighted by atomic mass is 10.1. The second-order valence-corrected chi connectivity index (χ2v) is 11.3. The predicted molar refractivity (Wildman–Crippen MR) is 138 cm³/mol. The van der Waals surface area contributed by atoms with Crippen molar-refractivity contribution in [3.63, 3.8) is 0 Å². The molecule has 3 aromatic carbocycles. The van der Waals surface area contributed by atoms with Crippen LogP contribution in [0.5, 0.6) is 5.75 Å². The Bertz CT molecular complexity index is 1480. The van der Waals surface area contributed by atoms with Crippen molar-refractivity contribution in [3.8, 4) is 5.75 Å². The first kappa shape index (κ1) is 30.4. The van der Waals surface area contributed by atoms with Crippen molar-refractivity contribution in [2.75, 3.05) is 12.4 Å². The molecule has 0 saturated carbocycles. The number of carboxylic acids is 1. The van der Waals surface area contributed by atoms with E-state index in [-0.39, 0.29) is 16.7 Å². The first-order valence-corrected chi connectivity index (χ1v) is 13.7. The first-order chi connectivity index (χ1) is 18.7. The lowest BCUT2D eigenvalue weighted by molar-refractivity contribution is -0.900. The second-order valence-electron chi connectivity index (χ2n) is 9.37. The van der Waals surface area contributed by atoms with Crippen LogP contribution in [0.25, 0.3) is 0 Å². The van der Waals surface area contributed by atoms with E-state index in [0.29, 0.717) is 11.3 Å². The highest BCUT2D eigenvalue weighted by Gasteiger charge is 2.29. The third-order valence-electron chi connectivity index (χ3n) is 6.04. The average molecular weight is 580 g/mol. The number of carboxylic acid groups (broad SMARTS) is 1. The van der Waals surface area contributed by atoms with Gasteiger partial charge >= 0.3 is 12.2 Å². The molecule has 0 radical (unpaired) electrons. The van der Waals surface area contributed by atoms with Gasteiger partial charge in [-0.1, -0.05) is 42.5 Å². The second kappa shape index (κ2) is 12.4. The number of fused-ring (bicyclic) bond motifs is 1. The average Bonchev–Trinajstić information content (AvgIpc) is 3.23. The summed E-state index contributed by atoms with van der Waals surface area (Å²) in [7, 11) is -1.66. The predicted octanol–water partition coefficient (Wildman–Crippen LogP) is 2.08. The number of sulfone groups is 1. The molecule has 1 aliphatic rings. The lowest BCUT2D eigenvalue weighted by Crippen LogP contribution is -3.04. The fourth-order valence-corrected chi connectivity index (χ4v) is 5.59. The molecule has 2 unspecified atom stereocenters. The van der Waals surface area contributed by atoms with Crippen LogP contribution in [0.4, 0.5) is 23.7 Å². The van der Waals surface area contributed by atoms with E-state index in [2.05, 4.69) is 17.7 Å². The number of hydrogen-bond acceptors (Lipinski definition) is 6. The smallest absolute Gasteiger partial charge is 0.430 e. The monoisotopic (exact) mass is 579 g/mol. The molecule has 2 amide bonds. The number of anilines is 1. The number of aromatic hydroxyl groups is 1. The van der Waals surface area contributed by atoms with E-state index >= 15 is 0 Å². The number of phenolic OH excluding ortho intramolecular Hbond substituents is 1. The summed E-state index contributed by atoms with van der Waals surface area (Å²) in [5.74, 6) is -3.60. The van der Waals surface area contributed by atoms with Gasteiger partial charge < -0.3 is 30.5 Å². The SMILES string of the molecule is CC(NC(=O)Nc1ccc(S(=O)(=O)Cc2ccc3c(c2)C[NH+](C)C3)c(O)c1)c1ccccc1.O=C([O-])C(F)(F)F. The number of quaternary nitrogens is 1. The number of hydrogen-bond donors (Lipinski definition) is 4. The summed E-state index contributed by atoms with van der Waals surface area (Å²) in [6.45, 7) is 3.68. The minimum absolute atomic E-state index is 0.158. The van der Waals surface area contributed by atoms with E-state index in [4.69, 9.17) is 9.90 Å². The molecule has 40 heavy (non-hydrogen) atoms. The highest BCUT2D eigenvalue weighted by Crippen LogP contribution is 2.29. The number of amides is 2. The van der Waals surface area contributed by atoms with E-state index in [9.17, 15) is 31.5 Å². The Labute approximate surface area is 229 Å². The third kappa shape index (κ3) is 8.20. The van der Waals surface area contributed by atoms with Gasteiger partial charge in [0.2, 0.25) is 0 Å². The molecule has 3 aromatic rings. The van der Waals surface area contributed by atoms with E-state index in [1.54, 1.807) is 0 Å². The van der Waals surface area contributed by atoms with Crippen molar-refractivity contribution in [2.45, 2.75) is 42.9 Å².